The van der Waals surface area contributed by atoms with Crippen molar-refractivity contribution in [3.63, 3.8) is 0 Å². The molecule has 40 heavy (non-hydrogen) atoms. The number of fused-ring (bicyclic) bond motifs is 1. The lowest BCUT2D eigenvalue weighted by atomic mass is 9.51. The molecule has 10 rings (SSSR count). The van der Waals surface area contributed by atoms with Crippen LogP contribution in [0.3, 0.4) is 0 Å². The number of carboxylic acid groups (broad SMARTS) is 1. The van der Waals surface area contributed by atoms with E-state index < -0.39 is 23.8 Å². The Kier molecular flexibility index (Phi) is 5.66. The highest BCUT2D eigenvalue weighted by Crippen LogP contribution is 2.59. The number of nitrogens with zero attached hydrogens (tertiary/aromatic N) is 1. The van der Waals surface area contributed by atoms with Gasteiger partial charge in [0.15, 0.2) is 0 Å². The summed E-state index contributed by atoms with van der Waals surface area (Å²) in [7, 11) is 0. The van der Waals surface area contributed by atoms with Crippen LogP contribution in [0.1, 0.15) is 79.0 Å². The molecule has 1 aliphatic heterocycles. The third-order valence-electron chi connectivity index (χ3n) is 11.8. The second-order valence-electron chi connectivity index (χ2n) is 13.6. The van der Waals surface area contributed by atoms with Gasteiger partial charge in [0.25, 0.3) is 0 Å². The van der Waals surface area contributed by atoms with Crippen molar-refractivity contribution in [1.29, 1.82) is 0 Å². The van der Waals surface area contributed by atoms with Gasteiger partial charge >= 0.3 is 5.97 Å². The first-order chi connectivity index (χ1) is 19.5. The summed E-state index contributed by atoms with van der Waals surface area (Å²) in [6.45, 7) is 1.14. The van der Waals surface area contributed by atoms with Crippen molar-refractivity contribution < 1.29 is 19.5 Å². The Morgan fingerprint density at radius 1 is 0.775 bits per heavy atom. The zero-order chi connectivity index (χ0) is 27.1. The number of likely N-dealkylation sites (tertiary alicyclic amines) is 1. The molecule has 0 radical (unpaired) electrons. The maximum absolute atomic E-state index is 14.4. The normalized spacial score (nSPS) is 38.1. The number of aliphatic carboxylic acids is 1. The minimum absolute atomic E-state index is 0.0303. The molecule has 2 N–H and O–H groups in total. The predicted molar refractivity (Wildman–Crippen MR) is 149 cm³/mol. The summed E-state index contributed by atoms with van der Waals surface area (Å²) in [6.07, 6.45) is 7.82. The van der Waals surface area contributed by atoms with E-state index in [1.807, 2.05) is 24.3 Å². The van der Waals surface area contributed by atoms with Gasteiger partial charge in [0, 0.05) is 24.9 Å². The summed E-state index contributed by atoms with van der Waals surface area (Å²) >= 11 is 0. The van der Waals surface area contributed by atoms with E-state index in [2.05, 4.69) is 29.6 Å². The van der Waals surface area contributed by atoms with Crippen LogP contribution in [0.4, 0.5) is 0 Å². The number of nitrogens with one attached hydrogen (secondary N) is 1. The highest BCUT2D eigenvalue weighted by atomic mass is 16.4. The molecule has 2 amide bonds. The Labute approximate surface area is 235 Å². The molecule has 2 unspecified atom stereocenters. The third kappa shape index (κ3) is 3.56. The van der Waals surface area contributed by atoms with E-state index in [1.165, 1.54) is 32.1 Å². The molecule has 8 aliphatic rings. The predicted octanol–water partition coefficient (Wildman–Crippen LogP) is 4.77. The Hall–Kier alpha value is -3.15. The van der Waals surface area contributed by atoms with Crippen molar-refractivity contribution in [1.82, 2.24) is 10.2 Å². The van der Waals surface area contributed by atoms with E-state index in [4.69, 9.17) is 0 Å². The average Bonchev–Trinajstić information content (AvgIpc) is 3.46. The number of amides is 2. The molecule has 1 heterocycles. The first-order valence-electron chi connectivity index (χ1n) is 15.5. The maximum atomic E-state index is 14.4. The van der Waals surface area contributed by atoms with Crippen molar-refractivity contribution >= 4 is 17.8 Å². The monoisotopic (exact) mass is 538 g/mol. The molecule has 6 heteroatoms. The van der Waals surface area contributed by atoms with E-state index in [9.17, 15) is 19.5 Å². The Balaban J connectivity index is 1.16. The molecule has 7 aliphatic carbocycles. The number of hydrogen-bond acceptors (Lipinski definition) is 3. The number of rotatable bonds is 5. The van der Waals surface area contributed by atoms with Gasteiger partial charge in [0.2, 0.25) is 11.8 Å². The Morgan fingerprint density at radius 3 is 1.82 bits per heavy atom. The van der Waals surface area contributed by atoms with Gasteiger partial charge in [-0.3, -0.25) is 9.59 Å². The van der Waals surface area contributed by atoms with Crippen LogP contribution in [-0.4, -0.2) is 46.9 Å². The SMILES string of the molecule is O=C(NCC1C2CC3CC(C2)CC1C3)C1C2c3ccccc3C(c3ccccc32)C1C(=O)N1CCC[C@@H]1C(=O)O. The summed E-state index contributed by atoms with van der Waals surface area (Å²) in [5, 5.41) is 13.3. The van der Waals surface area contributed by atoms with Gasteiger partial charge in [-0.25, -0.2) is 4.79 Å². The highest BCUT2D eigenvalue weighted by Gasteiger charge is 2.57. The quantitative estimate of drug-likeness (QED) is 0.574. The maximum Gasteiger partial charge on any atom is 0.326 e. The van der Waals surface area contributed by atoms with Gasteiger partial charge in [0.1, 0.15) is 6.04 Å². The van der Waals surface area contributed by atoms with E-state index in [-0.39, 0.29) is 23.7 Å². The molecule has 4 saturated carbocycles. The smallest absolute Gasteiger partial charge is 0.326 e. The Bertz CT molecular complexity index is 1310. The zero-order valence-electron chi connectivity index (χ0n) is 22.9. The van der Waals surface area contributed by atoms with Gasteiger partial charge in [-0.15, -0.1) is 0 Å². The first kappa shape index (κ1) is 24.6. The summed E-state index contributed by atoms with van der Waals surface area (Å²) in [6, 6.07) is 15.7. The summed E-state index contributed by atoms with van der Waals surface area (Å²) < 4.78 is 0. The van der Waals surface area contributed by atoms with Crippen LogP contribution >= 0.6 is 0 Å². The van der Waals surface area contributed by atoms with Gasteiger partial charge in [-0.1, -0.05) is 48.5 Å². The second kappa shape index (κ2) is 9.19. The lowest BCUT2D eigenvalue weighted by Gasteiger charge is -2.54. The standard InChI is InChI=1S/C34H38N2O4/c37-32(35-17-26-20-13-18-12-19(15-20)16-21(26)14-18)30-28-22-6-1-3-8-24(22)29(25-9-4-2-7-23(25)28)31(30)33(38)36-11-5-10-27(36)34(39)40/h1-4,6-9,18-21,26-31H,5,10-17H2,(H,35,37)(H,39,40)/t18?,19?,20?,21?,26?,27-,28?,29?,30?,31?/m1/s1. The topological polar surface area (TPSA) is 86.7 Å². The number of carbonyl (C=O) groups is 3. The lowest BCUT2D eigenvalue weighted by molar-refractivity contribution is -0.152. The van der Waals surface area contributed by atoms with Crippen molar-refractivity contribution in [2.24, 2.45) is 41.4 Å². The molecule has 208 valence electrons. The molecular weight excluding hydrogens is 500 g/mol. The third-order valence-corrected chi connectivity index (χ3v) is 11.8. The largest absolute Gasteiger partial charge is 0.480 e. The van der Waals surface area contributed by atoms with Gasteiger partial charge in [0.05, 0.1) is 11.8 Å². The van der Waals surface area contributed by atoms with Gasteiger partial charge in [-0.05, 0) is 96.8 Å². The van der Waals surface area contributed by atoms with Crippen LogP contribution < -0.4 is 5.32 Å². The Morgan fingerprint density at radius 2 is 1.30 bits per heavy atom. The number of carbonyl (C=O) groups excluding carboxylic acids is 2. The van der Waals surface area contributed by atoms with E-state index in [0.29, 0.717) is 31.8 Å². The molecule has 0 aromatic heterocycles. The van der Waals surface area contributed by atoms with Crippen LogP contribution in [-0.2, 0) is 14.4 Å². The van der Waals surface area contributed by atoms with E-state index >= 15 is 0 Å². The lowest BCUT2D eigenvalue weighted by Crippen LogP contribution is -2.56. The minimum Gasteiger partial charge on any atom is -0.480 e. The fraction of sp³-hybridized carbons (Fsp3) is 0.559. The summed E-state index contributed by atoms with van der Waals surface area (Å²) in [5.74, 6) is 1.00. The van der Waals surface area contributed by atoms with E-state index in [1.54, 1.807) is 4.90 Å². The van der Waals surface area contributed by atoms with Crippen molar-refractivity contribution in [2.45, 2.75) is 62.8 Å². The fourth-order valence-electron chi connectivity index (χ4n) is 10.5. The average molecular weight is 539 g/mol. The molecule has 0 spiro atoms. The molecular formula is C34H38N2O4. The summed E-state index contributed by atoms with van der Waals surface area (Å²) in [5.41, 5.74) is 4.50. The highest BCUT2D eigenvalue weighted by molar-refractivity contribution is 5.94. The van der Waals surface area contributed by atoms with Crippen molar-refractivity contribution in [3.05, 3.63) is 70.8 Å². The molecule has 6 bridgehead atoms. The number of hydrogen-bond donors (Lipinski definition) is 2. The van der Waals surface area contributed by atoms with Crippen LogP contribution in [0.5, 0.6) is 0 Å². The molecule has 2 aromatic carbocycles. The molecule has 3 atom stereocenters. The molecule has 6 nitrogen and oxygen atoms in total. The van der Waals surface area contributed by atoms with E-state index in [0.717, 1.165) is 45.9 Å². The first-order valence-corrected chi connectivity index (χ1v) is 15.5. The van der Waals surface area contributed by atoms with Gasteiger partial charge in [-0.2, -0.15) is 0 Å². The second-order valence-corrected chi connectivity index (χ2v) is 13.6. The zero-order valence-corrected chi connectivity index (χ0v) is 22.9. The van der Waals surface area contributed by atoms with Crippen LogP contribution in [0.15, 0.2) is 48.5 Å². The molecule has 2 aromatic rings. The van der Waals surface area contributed by atoms with Crippen molar-refractivity contribution in [3.8, 4) is 0 Å². The number of benzene rings is 2. The van der Waals surface area contributed by atoms with Gasteiger partial charge < -0.3 is 15.3 Å². The van der Waals surface area contributed by atoms with Crippen molar-refractivity contribution in [2.75, 3.05) is 13.1 Å². The summed E-state index contributed by atoms with van der Waals surface area (Å²) in [4.78, 5) is 42.5. The van der Waals surface area contributed by atoms with Crippen LogP contribution in [0.25, 0.3) is 0 Å². The number of carboxylic acids is 1. The minimum atomic E-state index is -0.949. The molecule has 1 saturated heterocycles. The molecule has 5 fully saturated rings. The van der Waals surface area contributed by atoms with Crippen LogP contribution in [0.2, 0.25) is 0 Å². The van der Waals surface area contributed by atoms with Crippen LogP contribution in [0, 0.1) is 41.4 Å². The fourth-order valence-corrected chi connectivity index (χ4v) is 10.5.